The molecule has 0 unspecified atom stereocenters. The van der Waals surface area contributed by atoms with E-state index in [9.17, 15) is 4.79 Å². The molecule has 0 fully saturated rings. The highest BCUT2D eigenvalue weighted by Crippen LogP contribution is 2.11. The minimum Gasteiger partial charge on any atom is -0.495 e. The van der Waals surface area contributed by atoms with Crippen molar-refractivity contribution < 1.29 is 19.4 Å². The van der Waals surface area contributed by atoms with Crippen molar-refractivity contribution in [3.05, 3.63) is 11.3 Å². The summed E-state index contributed by atoms with van der Waals surface area (Å²) in [6, 6.07) is 0. The van der Waals surface area contributed by atoms with Crippen molar-refractivity contribution in [2.75, 3.05) is 19.8 Å². The van der Waals surface area contributed by atoms with Crippen LogP contribution < -0.4 is 0 Å². The Balaban J connectivity index is 4.39. The van der Waals surface area contributed by atoms with Gasteiger partial charge in [0.25, 0.3) is 0 Å². The number of hydrogen-bond acceptors (Lipinski definition) is 4. The Morgan fingerprint density at radius 3 is 2.36 bits per heavy atom. The normalized spacial score (nSPS) is 12.0. The number of carbonyl (C=O) groups is 1. The molecule has 0 heterocycles. The number of hydrogen-bond donors (Lipinski definition) is 1. The molecule has 0 atom stereocenters. The molecule has 0 aromatic carbocycles. The predicted octanol–water partition coefficient (Wildman–Crippen LogP) is 1.24. The average Bonchev–Trinajstić information content (AvgIpc) is 2.19. The Labute approximate surface area is 84.5 Å². The molecule has 0 bridgehead atoms. The molecular formula is C10H18O4. The zero-order valence-electron chi connectivity index (χ0n) is 9.00. The van der Waals surface area contributed by atoms with Crippen LogP contribution in [0.4, 0.5) is 0 Å². The standard InChI is InChI=1S/C10H18O4/c1-4-9(14-7-6-11)8(3)10(12)13-5-2/h11H,4-7H2,1-3H3. The Kier molecular flexibility index (Phi) is 6.84. The summed E-state index contributed by atoms with van der Waals surface area (Å²) in [6.45, 7) is 5.81. The highest BCUT2D eigenvalue weighted by atomic mass is 16.5. The van der Waals surface area contributed by atoms with Crippen molar-refractivity contribution in [2.24, 2.45) is 0 Å². The molecule has 0 rings (SSSR count). The molecule has 0 aliphatic rings. The largest absolute Gasteiger partial charge is 0.495 e. The smallest absolute Gasteiger partial charge is 0.337 e. The minimum atomic E-state index is -0.359. The summed E-state index contributed by atoms with van der Waals surface area (Å²) in [6.07, 6.45) is 0.616. The zero-order valence-corrected chi connectivity index (χ0v) is 9.00. The first-order valence-electron chi connectivity index (χ1n) is 4.77. The van der Waals surface area contributed by atoms with Gasteiger partial charge >= 0.3 is 5.97 Å². The van der Waals surface area contributed by atoms with E-state index in [0.717, 1.165) is 0 Å². The van der Waals surface area contributed by atoms with Crippen LogP contribution in [0.3, 0.4) is 0 Å². The first kappa shape index (κ1) is 13.0. The number of carbonyl (C=O) groups excluding carboxylic acids is 1. The highest BCUT2D eigenvalue weighted by Gasteiger charge is 2.11. The van der Waals surface area contributed by atoms with E-state index in [4.69, 9.17) is 14.6 Å². The van der Waals surface area contributed by atoms with Crippen LogP contribution >= 0.6 is 0 Å². The third-order valence-corrected chi connectivity index (χ3v) is 1.69. The van der Waals surface area contributed by atoms with Gasteiger partial charge in [0, 0.05) is 6.42 Å². The van der Waals surface area contributed by atoms with Crippen molar-refractivity contribution in [3.8, 4) is 0 Å². The maximum atomic E-state index is 11.3. The van der Waals surface area contributed by atoms with Gasteiger partial charge in [0.15, 0.2) is 0 Å². The van der Waals surface area contributed by atoms with Gasteiger partial charge in [-0.25, -0.2) is 4.79 Å². The van der Waals surface area contributed by atoms with Crippen LogP contribution in [0.5, 0.6) is 0 Å². The molecule has 82 valence electrons. The van der Waals surface area contributed by atoms with Crippen LogP contribution in [0.15, 0.2) is 11.3 Å². The van der Waals surface area contributed by atoms with Crippen molar-refractivity contribution in [2.45, 2.75) is 27.2 Å². The van der Waals surface area contributed by atoms with Crippen molar-refractivity contribution in [1.29, 1.82) is 0 Å². The molecule has 14 heavy (non-hydrogen) atoms. The van der Waals surface area contributed by atoms with Crippen molar-refractivity contribution >= 4 is 5.97 Å². The van der Waals surface area contributed by atoms with Gasteiger partial charge in [0.1, 0.15) is 12.4 Å². The number of allylic oxidation sites excluding steroid dienone is 1. The van der Waals surface area contributed by atoms with Gasteiger partial charge in [-0.3, -0.25) is 0 Å². The first-order chi connectivity index (χ1) is 6.67. The fourth-order valence-electron chi connectivity index (χ4n) is 0.998. The topological polar surface area (TPSA) is 55.8 Å². The van der Waals surface area contributed by atoms with Gasteiger partial charge in [0.05, 0.1) is 18.8 Å². The van der Waals surface area contributed by atoms with Gasteiger partial charge in [-0.15, -0.1) is 0 Å². The van der Waals surface area contributed by atoms with Gasteiger partial charge < -0.3 is 14.6 Å². The summed E-state index contributed by atoms with van der Waals surface area (Å²) in [5, 5.41) is 8.57. The lowest BCUT2D eigenvalue weighted by Gasteiger charge is -2.10. The summed E-state index contributed by atoms with van der Waals surface area (Å²) in [5.41, 5.74) is 0.475. The third kappa shape index (κ3) is 4.28. The van der Waals surface area contributed by atoms with E-state index < -0.39 is 0 Å². The Hall–Kier alpha value is -1.03. The van der Waals surface area contributed by atoms with E-state index in [1.54, 1.807) is 13.8 Å². The number of esters is 1. The van der Waals surface area contributed by atoms with Crippen LogP contribution in [-0.2, 0) is 14.3 Å². The molecule has 0 aromatic heterocycles. The van der Waals surface area contributed by atoms with E-state index in [1.165, 1.54) is 0 Å². The zero-order chi connectivity index (χ0) is 11.0. The monoisotopic (exact) mass is 202 g/mol. The van der Waals surface area contributed by atoms with Crippen LogP contribution in [-0.4, -0.2) is 30.9 Å². The molecule has 1 N–H and O–H groups in total. The van der Waals surface area contributed by atoms with E-state index >= 15 is 0 Å². The minimum absolute atomic E-state index is 0.0559. The quantitative estimate of drug-likeness (QED) is 0.400. The lowest BCUT2D eigenvalue weighted by atomic mass is 10.2. The molecule has 0 radical (unpaired) electrons. The second-order valence-electron chi connectivity index (χ2n) is 2.69. The highest BCUT2D eigenvalue weighted by molar-refractivity contribution is 5.88. The fraction of sp³-hybridized carbons (Fsp3) is 0.700. The summed E-state index contributed by atoms with van der Waals surface area (Å²) in [5.74, 6) is 0.222. The molecule has 4 nitrogen and oxygen atoms in total. The third-order valence-electron chi connectivity index (χ3n) is 1.69. The predicted molar refractivity (Wildman–Crippen MR) is 52.7 cm³/mol. The molecule has 0 saturated heterocycles. The number of rotatable bonds is 6. The summed E-state index contributed by atoms with van der Waals surface area (Å²) >= 11 is 0. The summed E-state index contributed by atoms with van der Waals surface area (Å²) in [4.78, 5) is 11.3. The second-order valence-corrected chi connectivity index (χ2v) is 2.69. The van der Waals surface area contributed by atoms with E-state index in [0.29, 0.717) is 24.4 Å². The summed E-state index contributed by atoms with van der Waals surface area (Å²) in [7, 11) is 0. The molecule has 0 amide bonds. The maximum absolute atomic E-state index is 11.3. The Bertz CT molecular complexity index is 208. The van der Waals surface area contributed by atoms with Gasteiger partial charge in [-0.2, -0.15) is 0 Å². The molecule has 0 aliphatic heterocycles. The van der Waals surface area contributed by atoms with Crippen molar-refractivity contribution in [1.82, 2.24) is 0 Å². The van der Waals surface area contributed by atoms with Gasteiger partial charge in [0.2, 0.25) is 0 Å². The summed E-state index contributed by atoms with van der Waals surface area (Å²) < 4.78 is 10.0. The Morgan fingerprint density at radius 2 is 1.93 bits per heavy atom. The lowest BCUT2D eigenvalue weighted by molar-refractivity contribution is -0.138. The number of aliphatic hydroxyl groups is 1. The second kappa shape index (κ2) is 7.38. The number of ether oxygens (including phenoxy) is 2. The Morgan fingerprint density at radius 1 is 1.29 bits per heavy atom. The van der Waals surface area contributed by atoms with E-state index in [1.807, 2.05) is 6.92 Å². The fourth-order valence-corrected chi connectivity index (χ4v) is 0.998. The van der Waals surface area contributed by atoms with E-state index in [-0.39, 0.29) is 19.2 Å². The van der Waals surface area contributed by atoms with Gasteiger partial charge in [-0.1, -0.05) is 6.92 Å². The number of aliphatic hydroxyl groups excluding tert-OH is 1. The maximum Gasteiger partial charge on any atom is 0.337 e. The first-order valence-corrected chi connectivity index (χ1v) is 4.77. The van der Waals surface area contributed by atoms with Gasteiger partial charge in [-0.05, 0) is 13.8 Å². The molecular weight excluding hydrogens is 184 g/mol. The SMILES string of the molecule is CCOC(=O)C(C)=C(CC)OCCO. The lowest BCUT2D eigenvalue weighted by Crippen LogP contribution is -2.10. The molecule has 0 aromatic rings. The molecule has 0 aliphatic carbocycles. The van der Waals surface area contributed by atoms with Crippen LogP contribution in [0.1, 0.15) is 27.2 Å². The van der Waals surface area contributed by atoms with E-state index in [2.05, 4.69) is 0 Å². The van der Waals surface area contributed by atoms with Crippen LogP contribution in [0.2, 0.25) is 0 Å². The molecule has 0 spiro atoms. The molecule has 4 heteroatoms. The van der Waals surface area contributed by atoms with Crippen LogP contribution in [0, 0.1) is 0 Å². The average molecular weight is 202 g/mol. The van der Waals surface area contributed by atoms with Crippen molar-refractivity contribution in [3.63, 3.8) is 0 Å². The van der Waals surface area contributed by atoms with Crippen LogP contribution in [0.25, 0.3) is 0 Å². The molecule has 0 saturated carbocycles.